The van der Waals surface area contributed by atoms with Gasteiger partial charge in [-0.2, -0.15) is 0 Å². The molecule has 3 heterocycles. The Morgan fingerprint density at radius 3 is 2.90 bits per heavy atom. The molecule has 1 atom stereocenters. The van der Waals surface area contributed by atoms with Gasteiger partial charge in [-0.15, -0.1) is 5.10 Å². The van der Waals surface area contributed by atoms with Gasteiger partial charge in [0.05, 0.1) is 5.60 Å². The van der Waals surface area contributed by atoms with E-state index in [0.29, 0.717) is 11.7 Å². The van der Waals surface area contributed by atoms with Gasteiger partial charge in [0, 0.05) is 25.8 Å². The van der Waals surface area contributed by atoms with Crippen molar-refractivity contribution in [3.63, 3.8) is 0 Å². The largest absolute Gasteiger partial charge is 0.376 e. The fourth-order valence-corrected chi connectivity index (χ4v) is 2.81. The van der Waals surface area contributed by atoms with E-state index in [1.165, 1.54) is 0 Å². The summed E-state index contributed by atoms with van der Waals surface area (Å²) in [5.74, 6) is 2.13. The highest BCUT2D eigenvalue weighted by molar-refractivity contribution is 5.47. The lowest BCUT2D eigenvalue weighted by Crippen LogP contribution is -2.33. The summed E-state index contributed by atoms with van der Waals surface area (Å²) in [5, 5.41) is 4.51. The first-order valence-electron chi connectivity index (χ1n) is 7.01. The van der Waals surface area contributed by atoms with Gasteiger partial charge in [-0.05, 0) is 38.8 Å². The highest BCUT2D eigenvalue weighted by Crippen LogP contribution is 2.35. The van der Waals surface area contributed by atoms with Crippen molar-refractivity contribution in [2.75, 3.05) is 6.61 Å². The SMILES string of the molecule is Cn1nc(-c2ccccn2)nc1[C@@H]1CCOC(C)(C)C1. The molecular weight excluding hydrogens is 252 g/mol. The van der Waals surface area contributed by atoms with E-state index in [9.17, 15) is 0 Å². The Kier molecular flexibility index (Phi) is 3.30. The van der Waals surface area contributed by atoms with Crippen LogP contribution in [0.1, 0.15) is 38.4 Å². The first kappa shape index (κ1) is 13.2. The number of hydrogen-bond donors (Lipinski definition) is 0. The zero-order valence-corrected chi connectivity index (χ0v) is 12.2. The average Bonchev–Trinajstić information content (AvgIpc) is 2.81. The molecule has 0 saturated carbocycles. The lowest BCUT2D eigenvalue weighted by Gasteiger charge is -2.34. The monoisotopic (exact) mass is 272 g/mol. The maximum absolute atomic E-state index is 5.78. The Bertz CT molecular complexity index is 591. The van der Waals surface area contributed by atoms with Gasteiger partial charge in [0.2, 0.25) is 0 Å². The first-order valence-corrected chi connectivity index (χ1v) is 7.01. The third kappa shape index (κ3) is 2.58. The van der Waals surface area contributed by atoms with Gasteiger partial charge in [0.25, 0.3) is 0 Å². The van der Waals surface area contributed by atoms with E-state index in [1.807, 2.05) is 29.9 Å². The molecule has 3 rings (SSSR count). The fourth-order valence-electron chi connectivity index (χ4n) is 2.81. The van der Waals surface area contributed by atoms with E-state index in [1.54, 1.807) is 6.20 Å². The van der Waals surface area contributed by atoms with Gasteiger partial charge in [0.15, 0.2) is 5.82 Å². The number of aryl methyl sites for hydroxylation is 1. The summed E-state index contributed by atoms with van der Waals surface area (Å²) in [6, 6.07) is 5.79. The fraction of sp³-hybridized carbons (Fsp3) is 0.533. The topological polar surface area (TPSA) is 52.8 Å². The molecule has 0 aromatic carbocycles. The Hall–Kier alpha value is -1.75. The van der Waals surface area contributed by atoms with Gasteiger partial charge in [-0.1, -0.05) is 6.07 Å². The van der Waals surface area contributed by atoms with Crippen molar-refractivity contribution in [3.8, 4) is 11.5 Å². The summed E-state index contributed by atoms with van der Waals surface area (Å²) >= 11 is 0. The second-order valence-electron chi connectivity index (χ2n) is 5.93. The number of hydrogen-bond acceptors (Lipinski definition) is 4. The Morgan fingerprint density at radius 2 is 2.20 bits per heavy atom. The van der Waals surface area contributed by atoms with Crippen LogP contribution in [-0.2, 0) is 11.8 Å². The van der Waals surface area contributed by atoms with Crippen LogP contribution in [0.2, 0.25) is 0 Å². The molecule has 5 heteroatoms. The molecule has 0 unspecified atom stereocenters. The Labute approximate surface area is 119 Å². The van der Waals surface area contributed by atoms with Gasteiger partial charge >= 0.3 is 0 Å². The molecular formula is C15H20N4O. The zero-order chi connectivity index (χ0) is 14.2. The maximum Gasteiger partial charge on any atom is 0.200 e. The third-order valence-electron chi connectivity index (χ3n) is 3.75. The smallest absolute Gasteiger partial charge is 0.200 e. The van der Waals surface area contributed by atoms with Crippen molar-refractivity contribution in [2.45, 2.75) is 38.2 Å². The number of nitrogens with zero attached hydrogens (tertiary/aromatic N) is 4. The van der Waals surface area contributed by atoms with E-state index < -0.39 is 0 Å². The van der Waals surface area contributed by atoms with Crippen LogP contribution < -0.4 is 0 Å². The normalized spacial score (nSPS) is 21.9. The molecule has 1 aliphatic rings. The zero-order valence-electron chi connectivity index (χ0n) is 12.2. The van der Waals surface area contributed by atoms with Crippen molar-refractivity contribution in [3.05, 3.63) is 30.2 Å². The predicted molar refractivity (Wildman–Crippen MR) is 76.2 cm³/mol. The summed E-state index contributed by atoms with van der Waals surface area (Å²) in [6.45, 7) is 5.05. The van der Waals surface area contributed by atoms with Crippen molar-refractivity contribution in [2.24, 2.45) is 7.05 Å². The minimum absolute atomic E-state index is 0.0833. The molecule has 106 valence electrons. The lowest BCUT2D eigenvalue weighted by molar-refractivity contribution is -0.0606. The standard InChI is InChI=1S/C15H20N4O/c1-15(2)10-11(7-9-20-15)14-17-13(18-19(14)3)12-6-4-5-8-16-12/h4-6,8,11H,7,9-10H2,1-3H3/t11-/m1/s1. The summed E-state index contributed by atoms with van der Waals surface area (Å²) in [5.41, 5.74) is 0.737. The van der Waals surface area contributed by atoms with Crippen LogP contribution in [0, 0.1) is 0 Å². The second kappa shape index (κ2) is 4.98. The molecule has 0 spiro atoms. The molecule has 1 fully saturated rings. The van der Waals surface area contributed by atoms with E-state index in [2.05, 4.69) is 23.9 Å². The number of ether oxygens (including phenoxy) is 1. The van der Waals surface area contributed by atoms with Gasteiger partial charge in [-0.3, -0.25) is 9.67 Å². The Morgan fingerprint density at radius 1 is 1.35 bits per heavy atom. The van der Waals surface area contributed by atoms with E-state index in [4.69, 9.17) is 9.72 Å². The summed E-state index contributed by atoms with van der Waals surface area (Å²) in [7, 11) is 1.96. The lowest BCUT2D eigenvalue weighted by atomic mass is 9.88. The van der Waals surface area contributed by atoms with E-state index in [0.717, 1.165) is 31.0 Å². The van der Waals surface area contributed by atoms with Crippen molar-refractivity contribution in [1.29, 1.82) is 0 Å². The first-order chi connectivity index (χ1) is 9.55. The van der Waals surface area contributed by atoms with Crippen LogP contribution in [0.4, 0.5) is 0 Å². The van der Waals surface area contributed by atoms with Gasteiger partial charge in [-0.25, -0.2) is 4.98 Å². The summed E-state index contributed by atoms with van der Waals surface area (Å²) in [4.78, 5) is 9.02. The average molecular weight is 272 g/mol. The molecule has 1 aliphatic heterocycles. The van der Waals surface area contributed by atoms with Crippen LogP contribution in [-0.4, -0.2) is 32.0 Å². The quantitative estimate of drug-likeness (QED) is 0.843. The molecule has 0 amide bonds. The van der Waals surface area contributed by atoms with Gasteiger partial charge < -0.3 is 4.74 Å². The Balaban J connectivity index is 1.90. The minimum Gasteiger partial charge on any atom is -0.376 e. The van der Waals surface area contributed by atoms with E-state index in [-0.39, 0.29) is 5.60 Å². The summed E-state index contributed by atoms with van der Waals surface area (Å²) in [6.07, 6.45) is 3.74. The molecule has 5 nitrogen and oxygen atoms in total. The van der Waals surface area contributed by atoms with Gasteiger partial charge in [0.1, 0.15) is 11.5 Å². The highest BCUT2D eigenvalue weighted by Gasteiger charge is 2.32. The molecule has 0 aliphatic carbocycles. The van der Waals surface area contributed by atoms with Crippen LogP contribution in [0.15, 0.2) is 24.4 Å². The molecule has 2 aromatic rings. The number of pyridine rings is 1. The summed E-state index contributed by atoms with van der Waals surface area (Å²) < 4.78 is 7.66. The van der Waals surface area contributed by atoms with Crippen molar-refractivity contribution >= 4 is 0 Å². The third-order valence-corrected chi connectivity index (χ3v) is 3.75. The maximum atomic E-state index is 5.78. The molecule has 20 heavy (non-hydrogen) atoms. The van der Waals surface area contributed by atoms with Crippen molar-refractivity contribution < 1.29 is 4.74 Å². The molecule has 2 aromatic heterocycles. The number of rotatable bonds is 2. The van der Waals surface area contributed by atoms with Crippen molar-refractivity contribution in [1.82, 2.24) is 19.7 Å². The number of aromatic nitrogens is 4. The second-order valence-corrected chi connectivity index (χ2v) is 5.93. The van der Waals surface area contributed by atoms with Crippen LogP contribution >= 0.6 is 0 Å². The molecule has 0 bridgehead atoms. The van der Waals surface area contributed by atoms with Crippen LogP contribution in [0.5, 0.6) is 0 Å². The van der Waals surface area contributed by atoms with E-state index >= 15 is 0 Å². The molecule has 1 saturated heterocycles. The van der Waals surface area contributed by atoms with Crippen LogP contribution in [0.25, 0.3) is 11.5 Å². The highest BCUT2D eigenvalue weighted by atomic mass is 16.5. The van der Waals surface area contributed by atoms with Crippen LogP contribution in [0.3, 0.4) is 0 Å². The minimum atomic E-state index is -0.0833. The molecule has 0 N–H and O–H groups in total. The molecule has 0 radical (unpaired) electrons. The predicted octanol–water partition coefficient (Wildman–Crippen LogP) is 2.55.